The number of amides is 1. The Morgan fingerprint density at radius 3 is 2.68 bits per heavy atom. The van der Waals surface area contributed by atoms with Crippen molar-refractivity contribution in [2.24, 2.45) is 7.05 Å². The van der Waals surface area contributed by atoms with Gasteiger partial charge in [0, 0.05) is 19.2 Å². The van der Waals surface area contributed by atoms with Gasteiger partial charge in [0.15, 0.2) is 11.0 Å². The third-order valence-electron chi connectivity index (χ3n) is 4.25. The molecular weight excluding hydrogens is 379 g/mol. The number of thioether (sulfide) groups is 1. The van der Waals surface area contributed by atoms with Crippen LogP contribution in [0.15, 0.2) is 53.7 Å². The maximum atomic E-state index is 14.0. The number of para-hydroxylation sites is 1. The molecule has 28 heavy (non-hydrogen) atoms. The van der Waals surface area contributed by atoms with Gasteiger partial charge in [-0.3, -0.25) is 4.79 Å². The molecule has 146 valence electrons. The number of hydrogen-bond acceptors (Lipinski definition) is 5. The van der Waals surface area contributed by atoms with Crippen LogP contribution >= 0.6 is 11.8 Å². The van der Waals surface area contributed by atoms with Gasteiger partial charge in [0.25, 0.3) is 0 Å². The Morgan fingerprint density at radius 1 is 1.21 bits per heavy atom. The zero-order valence-corrected chi connectivity index (χ0v) is 16.7. The molecule has 0 saturated carbocycles. The standard InChI is InChI=1S/C20H21FN4O2S/c1-13(19(26)22-12-14-8-4-7-11-17(14)27-3)28-20-24-23-18(25(20)2)15-9-5-6-10-16(15)21/h4-11,13H,12H2,1-3H3,(H,22,26). The van der Waals surface area contributed by atoms with E-state index in [1.165, 1.54) is 17.8 Å². The van der Waals surface area contributed by atoms with Gasteiger partial charge >= 0.3 is 0 Å². The molecule has 0 spiro atoms. The molecule has 0 radical (unpaired) electrons. The Morgan fingerprint density at radius 2 is 1.93 bits per heavy atom. The molecule has 1 aromatic heterocycles. The van der Waals surface area contributed by atoms with Gasteiger partial charge in [0.1, 0.15) is 11.6 Å². The molecule has 6 nitrogen and oxygen atoms in total. The summed E-state index contributed by atoms with van der Waals surface area (Å²) in [5.41, 5.74) is 1.27. The summed E-state index contributed by atoms with van der Waals surface area (Å²) in [4.78, 5) is 12.5. The number of hydrogen-bond donors (Lipinski definition) is 1. The monoisotopic (exact) mass is 400 g/mol. The van der Waals surface area contributed by atoms with Crippen molar-refractivity contribution in [1.29, 1.82) is 0 Å². The van der Waals surface area contributed by atoms with E-state index in [2.05, 4.69) is 15.5 Å². The molecule has 1 unspecified atom stereocenters. The number of nitrogens with zero attached hydrogens (tertiary/aromatic N) is 3. The lowest BCUT2D eigenvalue weighted by atomic mass is 10.2. The molecule has 0 fully saturated rings. The van der Waals surface area contributed by atoms with Crippen molar-refractivity contribution in [2.75, 3.05) is 7.11 Å². The van der Waals surface area contributed by atoms with Crippen molar-refractivity contribution in [2.45, 2.75) is 23.9 Å². The highest BCUT2D eigenvalue weighted by Gasteiger charge is 2.20. The molecule has 3 aromatic rings. The Bertz CT molecular complexity index is 976. The fraction of sp³-hybridized carbons (Fsp3) is 0.250. The molecule has 8 heteroatoms. The maximum Gasteiger partial charge on any atom is 0.233 e. The highest BCUT2D eigenvalue weighted by molar-refractivity contribution is 8.00. The summed E-state index contributed by atoms with van der Waals surface area (Å²) < 4.78 is 21.0. The summed E-state index contributed by atoms with van der Waals surface area (Å²) >= 11 is 1.27. The first-order chi connectivity index (χ1) is 13.5. The molecule has 0 aliphatic rings. The average molecular weight is 400 g/mol. The number of aromatic nitrogens is 3. The quantitative estimate of drug-likeness (QED) is 0.616. The second kappa shape index (κ2) is 8.88. The van der Waals surface area contributed by atoms with E-state index >= 15 is 0 Å². The molecule has 0 saturated heterocycles. The predicted molar refractivity (Wildman–Crippen MR) is 107 cm³/mol. The molecule has 2 aromatic carbocycles. The SMILES string of the molecule is COc1ccccc1CNC(=O)C(C)Sc1nnc(-c2ccccc2F)n1C. The first kappa shape index (κ1) is 19.9. The van der Waals surface area contributed by atoms with E-state index in [9.17, 15) is 9.18 Å². The van der Waals surface area contributed by atoms with E-state index in [-0.39, 0.29) is 11.7 Å². The second-order valence-corrected chi connectivity index (χ2v) is 7.44. The van der Waals surface area contributed by atoms with Gasteiger partial charge in [-0.1, -0.05) is 42.1 Å². The zero-order chi connectivity index (χ0) is 20.1. The summed E-state index contributed by atoms with van der Waals surface area (Å²) in [7, 11) is 3.35. The molecule has 3 rings (SSSR count). The van der Waals surface area contributed by atoms with Gasteiger partial charge in [-0.25, -0.2) is 4.39 Å². The van der Waals surface area contributed by atoms with Crippen LogP contribution in [0.1, 0.15) is 12.5 Å². The highest BCUT2D eigenvalue weighted by atomic mass is 32.2. The van der Waals surface area contributed by atoms with Crippen LogP contribution < -0.4 is 10.1 Å². The molecule has 0 aliphatic carbocycles. The smallest absolute Gasteiger partial charge is 0.233 e. The first-order valence-corrected chi connectivity index (χ1v) is 9.59. The average Bonchev–Trinajstić information content (AvgIpc) is 3.06. The molecule has 1 amide bonds. The third kappa shape index (κ3) is 4.33. The lowest BCUT2D eigenvalue weighted by molar-refractivity contribution is -0.120. The van der Waals surface area contributed by atoms with Gasteiger partial charge in [-0.05, 0) is 25.1 Å². The number of carbonyl (C=O) groups is 1. The first-order valence-electron chi connectivity index (χ1n) is 8.71. The lowest BCUT2D eigenvalue weighted by Gasteiger charge is -2.13. The van der Waals surface area contributed by atoms with Crippen LogP contribution in [0.3, 0.4) is 0 Å². The van der Waals surface area contributed by atoms with Gasteiger partial charge in [0.2, 0.25) is 5.91 Å². The van der Waals surface area contributed by atoms with Crippen molar-refractivity contribution in [3.8, 4) is 17.1 Å². The second-order valence-electron chi connectivity index (χ2n) is 6.13. The van der Waals surface area contributed by atoms with E-state index in [0.717, 1.165) is 11.3 Å². The molecule has 0 aliphatic heterocycles. The van der Waals surface area contributed by atoms with Gasteiger partial charge in [-0.15, -0.1) is 10.2 Å². The van der Waals surface area contributed by atoms with E-state index in [1.54, 1.807) is 43.8 Å². The minimum absolute atomic E-state index is 0.133. The summed E-state index contributed by atoms with van der Waals surface area (Å²) in [6.45, 7) is 2.16. The van der Waals surface area contributed by atoms with Gasteiger partial charge in [0.05, 0.1) is 17.9 Å². The van der Waals surface area contributed by atoms with E-state index in [4.69, 9.17) is 4.74 Å². The summed E-state index contributed by atoms with van der Waals surface area (Å²) in [6.07, 6.45) is 0. The number of rotatable bonds is 7. The number of benzene rings is 2. The molecule has 1 heterocycles. The van der Waals surface area contributed by atoms with Crippen molar-refractivity contribution in [3.63, 3.8) is 0 Å². The van der Waals surface area contributed by atoms with Crippen molar-refractivity contribution in [3.05, 3.63) is 59.9 Å². The number of carbonyl (C=O) groups excluding carboxylic acids is 1. The van der Waals surface area contributed by atoms with Crippen LogP contribution in [0.2, 0.25) is 0 Å². The molecule has 1 N–H and O–H groups in total. The van der Waals surface area contributed by atoms with Crippen LogP contribution in [0, 0.1) is 5.82 Å². The highest BCUT2D eigenvalue weighted by Crippen LogP contribution is 2.27. The largest absolute Gasteiger partial charge is 0.496 e. The van der Waals surface area contributed by atoms with Crippen LogP contribution in [-0.2, 0) is 18.4 Å². The number of nitrogens with one attached hydrogen (secondary N) is 1. The Balaban J connectivity index is 1.65. The number of ether oxygens (including phenoxy) is 1. The van der Waals surface area contributed by atoms with Gasteiger partial charge in [-0.2, -0.15) is 0 Å². The number of methoxy groups -OCH3 is 1. The van der Waals surface area contributed by atoms with Crippen LogP contribution in [-0.4, -0.2) is 33.0 Å². The lowest BCUT2D eigenvalue weighted by Crippen LogP contribution is -2.30. The topological polar surface area (TPSA) is 69.0 Å². The van der Waals surface area contributed by atoms with Crippen molar-refractivity contribution >= 4 is 17.7 Å². The minimum Gasteiger partial charge on any atom is -0.496 e. The fourth-order valence-electron chi connectivity index (χ4n) is 2.68. The summed E-state index contributed by atoms with van der Waals surface area (Å²) in [5, 5.41) is 11.2. The van der Waals surface area contributed by atoms with Crippen molar-refractivity contribution < 1.29 is 13.9 Å². The Labute approximate surface area is 167 Å². The Hall–Kier alpha value is -2.87. The van der Waals surface area contributed by atoms with E-state index < -0.39 is 5.25 Å². The van der Waals surface area contributed by atoms with Gasteiger partial charge < -0.3 is 14.6 Å². The minimum atomic E-state index is -0.397. The third-order valence-corrected chi connectivity index (χ3v) is 5.38. The van der Waals surface area contributed by atoms with E-state index in [1.807, 2.05) is 24.3 Å². The molecule has 1 atom stereocenters. The van der Waals surface area contributed by atoms with Crippen LogP contribution in [0.5, 0.6) is 5.75 Å². The maximum absolute atomic E-state index is 14.0. The molecule has 0 bridgehead atoms. The molecular formula is C20H21FN4O2S. The fourth-order valence-corrected chi connectivity index (χ4v) is 3.52. The predicted octanol–water partition coefficient (Wildman–Crippen LogP) is 3.43. The normalized spacial score (nSPS) is 11.9. The Kier molecular flexibility index (Phi) is 6.30. The van der Waals surface area contributed by atoms with Crippen LogP contribution in [0.4, 0.5) is 4.39 Å². The van der Waals surface area contributed by atoms with Crippen LogP contribution in [0.25, 0.3) is 11.4 Å². The number of halogens is 1. The van der Waals surface area contributed by atoms with Crippen molar-refractivity contribution in [1.82, 2.24) is 20.1 Å². The summed E-state index contributed by atoms with van der Waals surface area (Å²) in [5.74, 6) is 0.650. The van der Waals surface area contributed by atoms with E-state index in [0.29, 0.717) is 23.1 Å². The summed E-state index contributed by atoms with van der Waals surface area (Å²) in [6, 6.07) is 13.9. The zero-order valence-electron chi connectivity index (χ0n) is 15.8.